The summed E-state index contributed by atoms with van der Waals surface area (Å²) in [5.41, 5.74) is 5.79. The summed E-state index contributed by atoms with van der Waals surface area (Å²) in [6, 6.07) is 5.95. The Labute approximate surface area is 123 Å². The molecule has 0 aliphatic carbocycles. The smallest absolute Gasteiger partial charge is 0.147 e. The number of hydrogen-bond acceptors (Lipinski definition) is 6. The molecular weight excluding hydrogens is 266 g/mol. The average molecular weight is 283 g/mol. The van der Waals surface area contributed by atoms with Gasteiger partial charge >= 0.3 is 0 Å². The van der Waals surface area contributed by atoms with Crippen LogP contribution in [0.3, 0.4) is 0 Å². The number of amidine groups is 1. The van der Waals surface area contributed by atoms with Crippen molar-refractivity contribution in [1.29, 1.82) is 5.41 Å². The van der Waals surface area contributed by atoms with Crippen molar-refractivity contribution in [2.24, 2.45) is 5.73 Å². The zero-order valence-electron chi connectivity index (χ0n) is 11.6. The molecule has 21 heavy (non-hydrogen) atoms. The molecule has 1 aliphatic heterocycles. The predicted octanol–water partition coefficient (Wildman–Crippen LogP) is 0.482. The van der Waals surface area contributed by atoms with Gasteiger partial charge in [-0.2, -0.15) is 0 Å². The summed E-state index contributed by atoms with van der Waals surface area (Å²) in [4.78, 5) is 17.3. The summed E-state index contributed by atoms with van der Waals surface area (Å²) in [6.45, 7) is 3.52. The molecule has 0 unspecified atom stereocenters. The Morgan fingerprint density at radius 2 is 1.67 bits per heavy atom. The third-order valence-corrected chi connectivity index (χ3v) is 3.49. The van der Waals surface area contributed by atoms with Gasteiger partial charge in [0.05, 0.1) is 12.4 Å². The summed E-state index contributed by atoms with van der Waals surface area (Å²) < 4.78 is 0. The van der Waals surface area contributed by atoms with Crippen molar-refractivity contribution in [1.82, 2.24) is 15.0 Å². The van der Waals surface area contributed by atoms with Gasteiger partial charge in [0, 0.05) is 32.4 Å². The van der Waals surface area contributed by atoms with E-state index in [4.69, 9.17) is 11.1 Å². The third-order valence-electron chi connectivity index (χ3n) is 3.49. The van der Waals surface area contributed by atoms with Crippen molar-refractivity contribution < 1.29 is 0 Å². The minimum absolute atomic E-state index is 0.0611. The second kappa shape index (κ2) is 5.74. The molecule has 2 aromatic rings. The normalized spacial score (nSPS) is 15.0. The number of nitrogens with two attached hydrogens (primary N) is 1. The lowest BCUT2D eigenvalue weighted by Gasteiger charge is -2.35. The molecule has 0 spiro atoms. The maximum atomic E-state index is 7.32. The first kappa shape index (κ1) is 13.3. The second-order valence-corrected chi connectivity index (χ2v) is 4.84. The number of nitrogens with one attached hydrogen (secondary N) is 1. The summed E-state index contributed by atoms with van der Waals surface area (Å²) in [5.74, 6) is 1.77. The summed E-state index contributed by atoms with van der Waals surface area (Å²) in [5, 5.41) is 7.32. The van der Waals surface area contributed by atoms with Gasteiger partial charge in [-0.1, -0.05) is 6.07 Å². The van der Waals surface area contributed by atoms with Crippen LogP contribution in [-0.4, -0.2) is 47.0 Å². The van der Waals surface area contributed by atoms with Crippen LogP contribution in [-0.2, 0) is 0 Å². The lowest BCUT2D eigenvalue weighted by Crippen LogP contribution is -2.47. The maximum absolute atomic E-state index is 7.32. The zero-order chi connectivity index (χ0) is 14.7. The van der Waals surface area contributed by atoms with Crippen molar-refractivity contribution >= 4 is 17.5 Å². The van der Waals surface area contributed by atoms with E-state index in [1.807, 2.05) is 24.4 Å². The van der Waals surface area contributed by atoms with Crippen LogP contribution in [0.2, 0.25) is 0 Å². The second-order valence-electron chi connectivity index (χ2n) is 4.84. The Kier molecular flexibility index (Phi) is 3.63. The van der Waals surface area contributed by atoms with Gasteiger partial charge in [0.25, 0.3) is 0 Å². The number of anilines is 2. The van der Waals surface area contributed by atoms with Gasteiger partial charge < -0.3 is 15.5 Å². The summed E-state index contributed by atoms with van der Waals surface area (Å²) in [6.07, 6.45) is 5.03. The monoisotopic (exact) mass is 283 g/mol. The molecule has 3 heterocycles. The van der Waals surface area contributed by atoms with E-state index in [0.717, 1.165) is 37.8 Å². The van der Waals surface area contributed by atoms with Crippen LogP contribution < -0.4 is 15.5 Å². The molecule has 7 heteroatoms. The molecule has 1 saturated heterocycles. The van der Waals surface area contributed by atoms with E-state index in [2.05, 4.69) is 24.8 Å². The Hall–Kier alpha value is -2.70. The molecule has 1 aliphatic rings. The van der Waals surface area contributed by atoms with E-state index in [1.165, 1.54) is 0 Å². The first-order valence-corrected chi connectivity index (χ1v) is 6.81. The quantitative estimate of drug-likeness (QED) is 0.628. The van der Waals surface area contributed by atoms with E-state index < -0.39 is 0 Å². The van der Waals surface area contributed by atoms with E-state index in [9.17, 15) is 0 Å². The van der Waals surface area contributed by atoms with Gasteiger partial charge in [0.2, 0.25) is 0 Å². The van der Waals surface area contributed by atoms with Gasteiger partial charge in [-0.15, -0.1) is 0 Å². The van der Waals surface area contributed by atoms with Crippen LogP contribution in [0.5, 0.6) is 0 Å². The van der Waals surface area contributed by atoms with Gasteiger partial charge in [0.1, 0.15) is 23.2 Å². The lowest BCUT2D eigenvalue weighted by atomic mass is 10.3. The zero-order valence-corrected chi connectivity index (χ0v) is 11.6. The third kappa shape index (κ3) is 2.91. The minimum Gasteiger partial charge on any atom is -0.382 e. The first-order chi connectivity index (χ1) is 10.2. The van der Waals surface area contributed by atoms with Gasteiger partial charge in [-0.3, -0.25) is 5.41 Å². The minimum atomic E-state index is -0.0611. The number of nitrogens with zero attached hydrogens (tertiary/aromatic N) is 5. The molecule has 0 aromatic carbocycles. The van der Waals surface area contributed by atoms with Crippen molar-refractivity contribution in [2.75, 3.05) is 36.0 Å². The molecule has 7 nitrogen and oxygen atoms in total. The maximum Gasteiger partial charge on any atom is 0.147 e. The molecule has 2 aromatic heterocycles. The molecule has 3 N–H and O–H groups in total. The Morgan fingerprint density at radius 1 is 0.952 bits per heavy atom. The molecule has 0 bridgehead atoms. The van der Waals surface area contributed by atoms with Crippen LogP contribution in [0, 0.1) is 5.41 Å². The molecule has 0 amide bonds. The summed E-state index contributed by atoms with van der Waals surface area (Å²) >= 11 is 0. The fourth-order valence-electron chi connectivity index (χ4n) is 2.33. The highest BCUT2D eigenvalue weighted by Gasteiger charge is 2.19. The summed E-state index contributed by atoms with van der Waals surface area (Å²) in [7, 11) is 0. The van der Waals surface area contributed by atoms with Gasteiger partial charge in [-0.25, -0.2) is 15.0 Å². The van der Waals surface area contributed by atoms with E-state index in [-0.39, 0.29) is 5.84 Å². The first-order valence-electron chi connectivity index (χ1n) is 6.81. The molecule has 0 radical (unpaired) electrons. The molecule has 3 rings (SSSR count). The van der Waals surface area contributed by atoms with Gasteiger partial charge in [-0.05, 0) is 12.1 Å². The Balaban J connectivity index is 1.64. The number of hydrogen-bond donors (Lipinski definition) is 2. The van der Waals surface area contributed by atoms with E-state index in [1.54, 1.807) is 12.4 Å². The largest absolute Gasteiger partial charge is 0.382 e. The van der Waals surface area contributed by atoms with Crippen molar-refractivity contribution in [3.63, 3.8) is 0 Å². The lowest BCUT2D eigenvalue weighted by molar-refractivity contribution is 0.640. The predicted molar refractivity (Wildman–Crippen MR) is 81.7 cm³/mol. The standard InChI is InChI=1S/C14H17N7/c15-14(16)11-9-19-13(10-18-11)21-7-5-20(6-8-21)12-3-1-2-4-17-12/h1-4,9-10H,5-8H2,(H3,15,16). The van der Waals surface area contributed by atoms with Crippen LogP contribution in [0.1, 0.15) is 5.69 Å². The van der Waals surface area contributed by atoms with E-state index >= 15 is 0 Å². The Morgan fingerprint density at radius 3 is 2.19 bits per heavy atom. The Bertz CT molecular complexity index is 603. The van der Waals surface area contributed by atoms with Gasteiger partial charge in [0.15, 0.2) is 0 Å². The number of aromatic nitrogens is 3. The molecule has 0 atom stereocenters. The van der Waals surface area contributed by atoms with Crippen molar-refractivity contribution in [3.05, 3.63) is 42.5 Å². The van der Waals surface area contributed by atoms with Crippen molar-refractivity contribution in [2.45, 2.75) is 0 Å². The molecule has 1 fully saturated rings. The highest BCUT2D eigenvalue weighted by atomic mass is 15.3. The van der Waals surface area contributed by atoms with Crippen molar-refractivity contribution in [3.8, 4) is 0 Å². The van der Waals surface area contributed by atoms with E-state index in [0.29, 0.717) is 5.69 Å². The topological polar surface area (TPSA) is 95.0 Å². The van der Waals surface area contributed by atoms with Crippen LogP contribution in [0.25, 0.3) is 0 Å². The number of piperazine rings is 1. The number of pyridine rings is 1. The molecule has 0 saturated carbocycles. The van der Waals surface area contributed by atoms with Crippen LogP contribution in [0.15, 0.2) is 36.8 Å². The molecular formula is C14H17N7. The fraction of sp³-hybridized carbons (Fsp3) is 0.286. The van der Waals surface area contributed by atoms with Crippen LogP contribution in [0.4, 0.5) is 11.6 Å². The molecule has 108 valence electrons. The average Bonchev–Trinajstić information content (AvgIpc) is 2.56. The number of rotatable bonds is 3. The SMILES string of the molecule is N=C(N)c1cnc(N2CCN(c3ccccn3)CC2)cn1. The number of nitrogen functional groups attached to an aromatic ring is 1. The fourth-order valence-corrected chi connectivity index (χ4v) is 2.33. The highest BCUT2D eigenvalue weighted by molar-refractivity contribution is 5.92. The van der Waals surface area contributed by atoms with Crippen LogP contribution >= 0.6 is 0 Å². The highest BCUT2D eigenvalue weighted by Crippen LogP contribution is 2.16.